The van der Waals surface area contributed by atoms with E-state index in [-0.39, 0.29) is 5.02 Å². The van der Waals surface area contributed by atoms with Crippen molar-refractivity contribution in [1.29, 1.82) is 0 Å². The lowest BCUT2D eigenvalue weighted by Crippen LogP contribution is -1.97. The highest BCUT2D eigenvalue weighted by atomic mass is 35.5. The van der Waals surface area contributed by atoms with E-state index in [1.807, 2.05) is 18.2 Å². The van der Waals surface area contributed by atoms with Crippen LogP contribution in [0.2, 0.25) is 5.02 Å². The Morgan fingerprint density at radius 1 is 1.07 bits per heavy atom. The minimum atomic E-state index is -1.49. The first-order valence-electron chi connectivity index (χ1n) is 7.94. The highest BCUT2D eigenvalue weighted by Gasteiger charge is 2.11. The molecule has 5 nitrogen and oxygen atoms in total. The molecule has 0 N–H and O–H groups in total. The molecule has 1 atom stereocenters. The molecule has 4 aromatic rings. The summed E-state index contributed by atoms with van der Waals surface area (Å²) in [5, 5.41) is 4.66. The van der Waals surface area contributed by atoms with Crippen LogP contribution in [0.3, 0.4) is 0 Å². The number of nitrogens with zero attached hydrogens (tertiary/aromatic N) is 3. The average molecular weight is 402 g/mol. The van der Waals surface area contributed by atoms with Gasteiger partial charge in [0.2, 0.25) is 0 Å². The SMILES string of the molecule is COS(=O)c1ccc(-c2cnc3ccc(-c4ccc(F)c(Cl)c4)nn23)cc1. The Hall–Kier alpha value is -2.61. The average Bonchev–Trinajstić information content (AvgIpc) is 3.12. The number of rotatable bonds is 4. The first-order chi connectivity index (χ1) is 13.1. The van der Waals surface area contributed by atoms with Crippen molar-refractivity contribution in [3.8, 4) is 22.5 Å². The number of benzene rings is 2. The molecular formula is C19H13ClFN3O2S. The summed E-state index contributed by atoms with van der Waals surface area (Å²) >= 11 is 4.40. The first-order valence-corrected chi connectivity index (χ1v) is 9.39. The van der Waals surface area contributed by atoms with Crippen molar-refractivity contribution >= 4 is 28.3 Å². The minimum absolute atomic E-state index is 0.0435. The smallest absolute Gasteiger partial charge is 0.188 e. The molecule has 0 bridgehead atoms. The van der Waals surface area contributed by atoms with Crippen LogP contribution in [0.1, 0.15) is 0 Å². The van der Waals surface area contributed by atoms with Gasteiger partial charge in [0.05, 0.1) is 34.6 Å². The van der Waals surface area contributed by atoms with Gasteiger partial charge in [-0.25, -0.2) is 18.1 Å². The molecule has 0 fully saturated rings. The van der Waals surface area contributed by atoms with Crippen LogP contribution in [0.4, 0.5) is 4.39 Å². The zero-order valence-corrected chi connectivity index (χ0v) is 15.7. The fraction of sp³-hybridized carbons (Fsp3) is 0.0526. The Morgan fingerprint density at radius 2 is 1.81 bits per heavy atom. The summed E-state index contributed by atoms with van der Waals surface area (Å²) in [7, 11) is 1.39. The normalized spacial score (nSPS) is 12.4. The summed E-state index contributed by atoms with van der Waals surface area (Å²) in [4.78, 5) is 4.94. The summed E-state index contributed by atoms with van der Waals surface area (Å²) in [5.74, 6) is -0.474. The predicted octanol–water partition coefficient (Wildman–Crippen LogP) is 4.52. The van der Waals surface area contributed by atoms with E-state index in [2.05, 4.69) is 10.1 Å². The van der Waals surface area contributed by atoms with E-state index in [1.54, 1.807) is 35.0 Å². The monoisotopic (exact) mass is 401 g/mol. The quantitative estimate of drug-likeness (QED) is 0.504. The summed E-state index contributed by atoms with van der Waals surface area (Å²) in [5.41, 5.74) is 3.65. The van der Waals surface area contributed by atoms with E-state index in [0.717, 1.165) is 11.3 Å². The number of fused-ring (bicyclic) bond motifs is 1. The Labute approximate surface area is 162 Å². The van der Waals surface area contributed by atoms with Crippen molar-refractivity contribution < 1.29 is 12.8 Å². The molecule has 0 saturated heterocycles. The lowest BCUT2D eigenvalue weighted by atomic mass is 10.1. The first kappa shape index (κ1) is 17.8. The van der Waals surface area contributed by atoms with Gasteiger partial charge in [-0.05, 0) is 42.5 Å². The number of aromatic nitrogens is 3. The molecule has 0 saturated carbocycles. The van der Waals surface area contributed by atoms with Gasteiger partial charge in [-0.2, -0.15) is 5.10 Å². The van der Waals surface area contributed by atoms with Gasteiger partial charge in [0, 0.05) is 11.1 Å². The molecule has 2 heterocycles. The molecule has 0 amide bonds. The lowest BCUT2D eigenvalue weighted by molar-refractivity contribution is 0.446. The van der Waals surface area contributed by atoms with E-state index < -0.39 is 16.9 Å². The van der Waals surface area contributed by atoms with Crippen LogP contribution in [0.25, 0.3) is 28.2 Å². The van der Waals surface area contributed by atoms with Gasteiger partial charge in [0.15, 0.2) is 16.7 Å². The standard InChI is InChI=1S/C19H13ClFN3O2S/c1-26-27(25)14-5-2-12(3-6-14)18-11-22-19-9-8-17(23-24(18)19)13-4-7-16(21)15(20)10-13/h2-11H,1H3. The molecule has 136 valence electrons. The van der Waals surface area contributed by atoms with Crippen LogP contribution >= 0.6 is 11.6 Å². The van der Waals surface area contributed by atoms with Crippen molar-refractivity contribution in [2.45, 2.75) is 4.90 Å². The van der Waals surface area contributed by atoms with E-state index in [0.29, 0.717) is 21.8 Å². The third-order valence-corrected chi connectivity index (χ3v) is 5.32. The van der Waals surface area contributed by atoms with E-state index in [4.69, 9.17) is 15.8 Å². The van der Waals surface area contributed by atoms with Gasteiger partial charge in [-0.1, -0.05) is 23.7 Å². The highest BCUT2D eigenvalue weighted by Crippen LogP contribution is 2.26. The second-order valence-corrected chi connectivity index (χ2v) is 7.37. The second kappa shape index (κ2) is 7.19. The third-order valence-electron chi connectivity index (χ3n) is 4.07. The van der Waals surface area contributed by atoms with Crippen molar-refractivity contribution in [3.05, 3.63) is 71.6 Å². The van der Waals surface area contributed by atoms with Crippen molar-refractivity contribution in [2.24, 2.45) is 0 Å². The molecule has 0 spiro atoms. The zero-order valence-electron chi connectivity index (χ0n) is 14.1. The van der Waals surface area contributed by atoms with E-state index in [9.17, 15) is 8.60 Å². The maximum atomic E-state index is 13.4. The van der Waals surface area contributed by atoms with Crippen LogP contribution in [0.15, 0.2) is 65.7 Å². The van der Waals surface area contributed by atoms with Crippen LogP contribution in [-0.4, -0.2) is 25.9 Å². The number of hydrogen-bond donors (Lipinski definition) is 0. The van der Waals surface area contributed by atoms with E-state index in [1.165, 1.54) is 19.2 Å². The second-order valence-electron chi connectivity index (χ2n) is 5.69. The fourth-order valence-electron chi connectivity index (χ4n) is 2.71. The van der Waals surface area contributed by atoms with Gasteiger partial charge in [0.1, 0.15) is 5.82 Å². The summed E-state index contributed by atoms with van der Waals surface area (Å²) in [6, 6.07) is 15.2. The number of halogens is 2. The minimum Gasteiger partial charge on any atom is -0.290 e. The molecule has 1 unspecified atom stereocenters. The summed E-state index contributed by atoms with van der Waals surface area (Å²) in [6.07, 6.45) is 1.71. The van der Waals surface area contributed by atoms with Crippen LogP contribution in [-0.2, 0) is 15.3 Å². The van der Waals surface area contributed by atoms with Crippen molar-refractivity contribution in [1.82, 2.24) is 14.6 Å². The number of hydrogen-bond acceptors (Lipinski definition) is 4. The van der Waals surface area contributed by atoms with Gasteiger partial charge >= 0.3 is 0 Å². The molecule has 27 heavy (non-hydrogen) atoms. The molecule has 0 radical (unpaired) electrons. The highest BCUT2D eigenvalue weighted by molar-refractivity contribution is 7.80. The fourth-order valence-corrected chi connectivity index (χ4v) is 3.44. The molecule has 0 aliphatic heterocycles. The maximum Gasteiger partial charge on any atom is 0.188 e. The zero-order chi connectivity index (χ0) is 19.0. The molecule has 4 rings (SSSR count). The predicted molar refractivity (Wildman–Crippen MR) is 102 cm³/mol. The Kier molecular flexibility index (Phi) is 4.73. The Morgan fingerprint density at radius 3 is 2.52 bits per heavy atom. The summed E-state index contributed by atoms with van der Waals surface area (Å²) < 4.78 is 31.6. The van der Waals surface area contributed by atoms with E-state index >= 15 is 0 Å². The lowest BCUT2D eigenvalue weighted by Gasteiger charge is -2.06. The Bertz CT molecular complexity index is 1160. The van der Waals surface area contributed by atoms with Gasteiger partial charge < -0.3 is 0 Å². The molecule has 0 aliphatic carbocycles. The largest absolute Gasteiger partial charge is 0.290 e. The Balaban J connectivity index is 1.78. The molecule has 2 aromatic heterocycles. The molecule has 2 aromatic carbocycles. The van der Waals surface area contributed by atoms with Crippen LogP contribution in [0.5, 0.6) is 0 Å². The van der Waals surface area contributed by atoms with Crippen LogP contribution in [0, 0.1) is 5.82 Å². The molecule has 0 aliphatic rings. The number of imidazole rings is 1. The molecular weight excluding hydrogens is 389 g/mol. The van der Waals surface area contributed by atoms with Crippen molar-refractivity contribution in [2.75, 3.05) is 7.11 Å². The third kappa shape index (κ3) is 3.37. The van der Waals surface area contributed by atoms with Gasteiger partial charge in [0.25, 0.3) is 0 Å². The topological polar surface area (TPSA) is 56.5 Å². The van der Waals surface area contributed by atoms with Crippen LogP contribution < -0.4 is 0 Å². The van der Waals surface area contributed by atoms with Crippen molar-refractivity contribution in [3.63, 3.8) is 0 Å². The summed E-state index contributed by atoms with van der Waals surface area (Å²) in [6.45, 7) is 0. The molecule has 8 heteroatoms. The van der Waals surface area contributed by atoms with Gasteiger partial charge in [-0.15, -0.1) is 0 Å². The maximum absolute atomic E-state index is 13.4. The van der Waals surface area contributed by atoms with Gasteiger partial charge in [-0.3, -0.25) is 4.18 Å².